The van der Waals surface area contributed by atoms with Crippen LogP contribution in [0.2, 0.25) is 0 Å². The zero-order chi connectivity index (χ0) is 22.0. The molecule has 0 bridgehead atoms. The van der Waals surface area contributed by atoms with Gasteiger partial charge in [0.1, 0.15) is 0 Å². The predicted octanol–water partition coefficient (Wildman–Crippen LogP) is 6.75. The third kappa shape index (κ3) is 8.57. The molecule has 1 atom stereocenters. The molecule has 1 aliphatic rings. The van der Waals surface area contributed by atoms with E-state index in [9.17, 15) is 4.79 Å². The van der Waals surface area contributed by atoms with Gasteiger partial charge in [-0.15, -0.1) is 0 Å². The third-order valence-electron chi connectivity index (χ3n) is 5.73. The van der Waals surface area contributed by atoms with E-state index >= 15 is 0 Å². The summed E-state index contributed by atoms with van der Waals surface area (Å²) in [6.45, 7) is 18.7. The Morgan fingerprint density at radius 3 is 2.41 bits per heavy atom. The minimum Gasteiger partial charge on any atom is -0.443 e. The Hall–Kier alpha value is -1.87. The lowest BCUT2D eigenvalue weighted by Gasteiger charge is -2.32. The highest BCUT2D eigenvalue weighted by molar-refractivity contribution is 5.83. The van der Waals surface area contributed by atoms with Crippen LogP contribution < -0.4 is 0 Å². The van der Waals surface area contributed by atoms with E-state index in [1.807, 2.05) is 26.0 Å². The summed E-state index contributed by atoms with van der Waals surface area (Å²) in [5.41, 5.74) is 5.31. The van der Waals surface area contributed by atoms with Crippen molar-refractivity contribution in [2.24, 2.45) is 5.41 Å². The average molecular weight is 400 g/mol. The number of ether oxygens (including phenoxy) is 1. The van der Waals surface area contributed by atoms with E-state index in [0.717, 1.165) is 18.7 Å². The normalized spacial score (nSPS) is 19.5. The standard InChI is InChI=1S/C26H41NO2/c1-9-27(10-2)23(6)29-25(28)19-21(4)14-11-13-20(3)16-17-24-22(5)15-12-18-26(24,7)8/h11,13-14,16-17,19,23H,9-10,12,15,18H2,1-8H3/b14-11+,17-16+,20-13-,21-19+. The van der Waals surface area contributed by atoms with Gasteiger partial charge in [-0.3, -0.25) is 4.90 Å². The van der Waals surface area contributed by atoms with Crippen molar-refractivity contribution in [3.05, 3.63) is 58.7 Å². The van der Waals surface area contributed by atoms with Crippen LogP contribution in [0.25, 0.3) is 0 Å². The summed E-state index contributed by atoms with van der Waals surface area (Å²) in [5, 5.41) is 0. The van der Waals surface area contributed by atoms with E-state index in [4.69, 9.17) is 4.74 Å². The van der Waals surface area contributed by atoms with Crippen LogP contribution >= 0.6 is 0 Å². The summed E-state index contributed by atoms with van der Waals surface area (Å²) in [5.74, 6) is -0.297. The first-order chi connectivity index (χ1) is 13.6. The van der Waals surface area contributed by atoms with E-state index in [0.29, 0.717) is 0 Å². The first-order valence-electron chi connectivity index (χ1n) is 11.0. The van der Waals surface area contributed by atoms with Gasteiger partial charge in [0.05, 0.1) is 0 Å². The zero-order valence-electron chi connectivity index (χ0n) is 19.8. The molecule has 0 heterocycles. The Bertz CT molecular complexity index is 700. The smallest absolute Gasteiger partial charge is 0.332 e. The van der Waals surface area contributed by atoms with E-state index in [-0.39, 0.29) is 17.6 Å². The second-order valence-corrected chi connectivity index (χ2v) is 8.68. The summed E-state index contributed by atoms with van der Waals surface area (Å²) in [4.78, 5) is 14.2. The van der Waals surface area contributed by atoms with Crippen molar-refractivity contribution in [2.45, 2.75) is 80.9 Å². The van der Waals surface area contributed by atoms with Gasteiger partial charge in [0.15, 0.2) is 6.23 Å². The minimum atomic E-state index is -0.297. The molecule has 0 spiro atoms. The van der Waals surface area contributed by atoms with E-state index in [2.05, 4.69) is 64.7 Å². The lowest BCUT2D eigenvalue weighted by Crippen LogP contribution is -2.36. The molecule has 3 nitrogen and oxygen atoms in total. The van der Waals surface area contributed by atoms with Crippen molar-refractivity contribution in [2.75, 3.05) is 13.1 Å². The van der Waals surface area contributed by atoms with Gasteiger partial charge in [0, 0.05) is 6.08 Å². The molecule has 0 aromatic rings. The fourth-order valence-corrected chi connectivity index (χ4v) is 3.88. The zero-order valence-corrected chi connectivity index (χ0v) is 19.8. The first kappa shape index (κ1) is 25.2. The number of esters is 1. The highest BCUT2D eigenvalue weighted by atomic mass is 16.6. The van der Waals surface area contributed by atoms with Crippen molar-refractivity contribution in [1.82, 2.24) is 4.90 Å². The second-order valence-electron chi connectivity index (χ2n) is 8.68. The Labute approximate surface area is 178 Å². The van der Waals surface area contributed by atoms with E-state index in [1.54, 1.807) is 6.08 Å². The monoisotopic (exact) mass is 399 g/mol. The molecule has 0 N–H and O–H groups in total. The van der Waals surface area contributed by atoms with Crippen molar-refractivity contribution >= 4 is 5.97 Å². The van der Waals surface area contributed by atoms with Gasteiger partial charge in [-0.1, -0.05) is 69.2 Å². The van der Waals surface area contributed by atoms with Crippen LogP contribution in [-0.2, 0) is 9.53 Å². The Balaban J connectivity index is 2.69. The summed E-state index contributed by atoms with van der Waals surface area (Å²) in [6, 6.07) is 0. The molecule has 0 saturated heterocycles. The molecule has 3 heteroatoms. The molecule has 0 amide bonds. The molecular weight excluding hydrogens is 358 g/mol. The van der Waals surface area contributed by atoms with Crippen LogP contribution in [0.4, 0.5) is 0 Å². The van der Waals surface area contributed by atoms with Gasteiger partial charge in [-0.2, -0.15) is 0 Å². The molecule has 1 rings (SSSR count). The van der Waals surface area contributed by atoms with Gasteiger partial charge in [-0.25, -0.2) is 4.79 Å². The summed E-state index contributed by atoms with van der Waals surface area (Å²) < 4.78 is 5.47. The fraction of sp³-hybridized carbons (Fsp3) is 0.577. The second kappa shape index (κ2) is 12.0. The number of hydrogen-bond acceptors (Lipinski definition) is 3. The van der Waals surface area contributed by atoms with Crippen molar-refractivity contribution in [3.63, 3.8) is 0 Å². The van der Waals surface area contributed by atoms with Gasteiger partial charge >= 0.3 is 5.97 Å². The summed E-state index contributed by atoms with van der Waals surface area (Å²) in [6.07, 6.45) is 15.6. The molecule has 162 valence electrons. The molecular formula is C26H41NO2. The molecule has 0 aromatic carbocycles. The van der Waals surface area contributed by atoms with E-state index < -0.39 is 0 Å². The fourth-order valence-electron chi connectivity index (χ4n) is 3.88. The Kier molecular flexibility index (Phi) is 10.4. The number of rotatable bonds is 9. The van der Waals surface area contributed by atoms with E-state index in [1.165, 1.54) is 36.0 Å². The average Bonchev–Trinajstić information content (AvgIpc) is 2.61. The summed E-state index contributed by atoms with van der Waals surface area (Å²) >= 11 is 0. The quantitative estimate of drug-likeness (QED) is 0.186. The maximum absolute atomic E-state index is 12.1. The Morgan fingerprint density at radius 2 is 1.83 bits per heavy atom. The van der Waals surface area contributed by atoms with Crippen LogP contribution in [0.3, 0.4) is 0 Å². The largest absolute Gasteiger partial charge is 0.443 e. The lowest BCUT2D eigenvalue weighted by molar-refractivity contribution is -0.151. The number of carbonyl (C=O) groups excluding carboxylic acids is 1. The third-order valence-corrected chi connectivity index (χ3v) is 5.73. The minimum absolute atomic E-state index is 0.209. The molecule has 0 saturated carbocycles. The Morgan fingerprint density at radius 1 is 1.17 bits per heavy atom. The maximum Gasteiger partial charge on any atom is 0.332 e. The lowest BCUT2D eigenvalue weighted by atomic mass is 9.72. The molecule has 0 radical (unpaired) electrons. The van der Waals surface area contributed by atoms with Gasteiger partial charge < -0.3 is 4.74 Å². The van der Waals surface area contributed by atoms with Crippen molar-refractivity contribution in [3.8, 4) is 0 Å². The van der Waals surface area contributed by atoms with Crippen LogP contribution in [0.5, 0.6) is 0 Å². The molecule has 0 fully saturated rings. The predicted molar refractivity (Wildman–Crippen MR) is 125 cm³/mol. The first-order valence-corrected chi connectivity index (χ1v) is 11.0. The van der Waals surface area contributed by atoms with Crippen LogP contribution in [0, 0.1) is 5.41 Å². The highest BCUT2D eigenvalue weighted by Gasteiger charge is 2.26. The van der Waals surface area contributed by atoms with Gasteiger partial charge in [0.25, 0.3) is 0 Å². The van der Waals surface area contributed by atoms with Gasteiger partial charge in [-0.05, 0) is 76.6 Å². The molecule has 1 unspecified atom stereocenters. The molecule has 29 heavy (non-hydrogen) atoms. The topological polar surface area (TPSA) is 29.5 Å². The SMILES string of the molecule is CCN(CC)C(C)OC(=O)/C=C(C)/C=C/C=C(C)\C=C\C1=C(C)CCCC1(C)C. The number of nitrogens with zero attached hydrogens (tertiary/aromatic N) is 1. The number of hydrogen-bond donors (Lipinski definition) is 0. The highest BCUT2D eigenvalue weighted by Crippen LogP contribution is 2.40. The van der Waals surface area contributed by atoms with Crippen molar-refractivity contribution < 1.29 is 9.53 Å². The number of allylic oxidation sites excluding steroid dienone is 9. The molecule has 0 aromatic heterocycles. The van der Waals surface area contributed by atoms with Gasteiger partial charge in [0.2, 0.25) is 0 Å². The molecule has 0 aliphatic heterocycles. The molecule has 1 aliphatic carbocycles. The summed E-state index contributed by atoms with van der Waals surface area (Å²) in [7, 11) is 0. The van der Waals surface area contributed by atoms with Crippen LogP contribution in [-0.4, -0.2) is 30.2 Å². The number of carbonyl (C=O) groups is 1. The van der Waals surface area contributed by atoms with Crippen LogP contribution in [0.15, 0.2) is 58.7 Å². The van der Waals surface area contributed by atoms with Crippen molar-refractivity contribution in [1.29, 1.82) is 0 Å². The maximum atomic E-state index is 12.1. The van der Waals surface area contributed by atoms with Crippen LogP contribution in [0.1, 0.15) is 74.7 Å².